The molecule has 9 nitrogen and oxygen atoms in total. The maximum Gasteiger partial charge on any atom is 0.339 e. The molecule has 2 aliphatic rings. The smallest absolute Gasteiger partial charge is 0.339 e. The zero-order chi connectivity index (χ0) is 24.5. The number of rotatable bonds is 7. The molecule has 0 N–H and O–H groups in total. The van der Waals surface area contributed by atoms with Crippen LogP contribution in [0.4, 0.5) is 0 Å². The summed E-state index contributed by atoms with van der Waals surface area (Å²) in [5.74, 6) is 0.821. The molecule has 3 heterocycles. The molecule has 0 unspecified atom stereocenters. The average Bonchev–Trinajstić information content (AvgIpc) is 3.21. The fourth-order valence-electron chi connectivity index (χ4n) is 4.90. The molecule has 0 radical (unpaired) electrons. The number of carbonyl (C=O) groups is 1. The van der Waals surface area contributed by atoms with E-state index in [4.69, 9.17) is 23.7 Å². The number of morpholine rings is 1. The van der Waals surface area contributed by atoms with Crippen LogP contribution in [0.15, 0.2) is 30.6 Å². The summed E-state index contributed by atoms with van der Waals surface area (Å²) in [6, 6.07) is 6.00. The zero-order valence-corrected chi connectivity index (χ0v) is 20.4. The van der Waals surface area contributed by atoms with E-state index >= 15 is 0 Å². The maximum atomic E-state index is 12.6. The predicted octanol–water partition coefficient (Wildman–Crippen LogP) is 3.47. The first-order valence-electron chi connectivity index (χ1n) is 11.7. The molecule has 3 aromatic rings. The summed E-state index contributed by atoms with van der Waals surface area (Å²) in [5.41, 5.74) is 2.75. The van der Waals surface area contributed by atoms with E-state index in [1.807, 2.05) is 18.2 Å². The van der Waals surface area contributed by atoms with Gasteiger partial charge in [-0.25, -0.2) is 14.8 Å². The highest BCUT2D eigenvalue weighted by atomic mass is 16.5. The second kappa shape index (κ2) is 9.67. The van der Waals surface area contributed by atoms with Gasteiger partial charge in [0.25, 0.3) is 0 Å². The van der Waals surface area contributed by atoms with Crippen molar-refractivity contribution in [3.8, 4) is 28.6 Å². The number of methoxy groups -OCH3 is 2. The Labute approximate surface area is 203 Å². The van der Waals surface area contributed by atoms with Gasteiger partial charge in [-0.3, -0.25) is 4.90 Å². The zero-order valence-electron chi connectivity index (χ0n) is 20.4. The van der Waals surface area contributed by atoms with Gasteiger partial charge in [0.15, 0.2) is 11.5 Å². The Bertz CT molecular complexity index is 1240. The number of ether oxygens (including phenoxy) is 5. The Hall–Kier alpha value is -3.43. The van der Waals surface area contributed by atoms with Gasteiger partial charge in [-0.15, -0.1) is 0 Å². The molecule has 2 atom stereocenters. The van der Waals surface area contributed by atoms with Gasteiger partial charge in [0.2, 0.25) is 0 Å². The number of nitrogens with zero attached hydrogens (tertiary/aromatic N) is 3. The number of cyclic esters (lactones) is 1. The highest BCUT2D eigenvalue weighted by Crippen LogP contribution is 2.42. The van der Waals surface area contributed by atoms with Crippen LogP contribution in [0, 0.1) is 0 Å². The van der Waals surface area contributed by atoms with E-state index in [9.17, 15) is 4.79 Å². The number of esters is 1. The third-order valence-electron chi connectivity index (χ3n) is 6.34. The number of benzene rings is 2. The molecule has 35 heavy (non-hydrogen) atoms. The molecule has 1 fully saturated rings. The summed E-state index contributed by atoms with van der Waals surface area (Å²) in [4.78, 5) is 23.8. The lowest BCUT2D eigenvalue weighted by Gasteiger charge is -2.35. The average molecular weight is 480 g/mol. The number of carbonyl (C=O) groups excluding carboxylic acids is 1. The van der Waals surface area contributed by atoms with Crippen LogP contribution in [0.25, 0.3) is 21.9 Å². The van der Waals surface area contributed by atoms with Gasteiger partial charge in [-0.2, -0.15) is 0 Å². The van der Waals surface area contributed by atoms with Crippen molar-refractivity contribution in [2.45, 2.75) is 32.7 Å². The number of aromatic nitrogens is 2. The Morgan fingerprint density at radius 2 is 1.69 bits per heavy atom. The van der Waals surface area contributed by atoms with E-state index in [2.05, 4.69) is 28.7 Å². The number of hydrogen-bond donors (Lipinski definition) is 0. The molecule has 184 valence electrons. The van der Waals surface area contributed by atoms with Crippen molar-refractivity contribution in [1.82, 2.24) is 14.9 Å². The molecule has 1 aromatic heterocycles. The molecule has 2 aliphatic heterocycles. The largest absolute Gasteiger partial charge is 0.493 e. The number of hydrogen-bond acceptors (Lipinski definition) is 9. The van der Waals surface area contributed by atoms with Gasteiger partial charge >= 0.3 is 12.0 Å². The van der Waals surface area contributed by atoms with Gasteiger partial charge < -0.3 is 23.7 Å². The first kappa shape index (κ1) is 23.3. The van der Waals surface area contributed by atoms with E-state index in [1.165, 1.54) is 0 Å². The van der Waals surface area contributed by atoms with E-state index in [0.29, 0.717) is 40.8 Å². The summed E-state index contributed by atoms with van der Waals surface area (Å²) < 4.78 is 27.9. The van der Waals surface area contributed by atoms with E-state index in [-0.39, 0.29) is 24.8 Å². The fourth-order valence-corrected chi connectivity index (χ4v) is 4.90. The lowest BCUT2D eigenvalue weighted by Crippen LogP contribution is -2.46. The number of fused-ring (bicyclic) bond motifs is 2. The second-order valence-electron chi connectivity index (χ2n) is 8.91. The fraction of sp³-hybridized carbons (Fsp3) is 0.423. The standard InChI is InChI=1S/C26H29N3O6/c1-15-12-29(13-16(2)35-15)5-6-33-26-27-10-19(11-28-26)23-20-9-22(32-4)21(31-3)8-17(20)7-18-14-34-25(30)24(18)23/h7-11,15-16H,5-6,12-14H2,1-4H3/t15-,16+. The minimum absolute atomic E-state index is 0.210. The molecule has 2 aromatic carbocycles. The van der Waals surface area contributed by atoms with E-state index in [0.717, 1.165) is 36.0 Å². The molecule has 0 saturated carbocycles. The van der Waals surface area contributed by atoms with Crippen molar-refractivity contribution in [1.29, 1.82) is 0 Å². The normalized spacial score (nSPS) is 19.9. The van der Waals surface area contributed by atoms with Crippen LogP contribution in [0.2, 0.25) is 0 Å². The van der Waals surface area contributed by atoms with E-state index < -0.39 is 0 Å². The summed E-state index contributed by atoms with van der Waals surface area (Å²) in [7, 11) is 3.18. The van der Waals surface area contributed by atoms with E-state index in [1.54, 1.807) is 26.6 Å². The quantitative estimate of drug-likeness (QED) is 0.472. The Kier molecular flexibility index (Phi) is 6.44. The van der Waals surface area contributed by atoms with Crippen LogP contribution in [0.3, 0.4) is 0 Å². The highest BCUT2D eigenvalue weighted by Gasteiger charge is 2.29. The van der Waals surface area contributed by atoms with Gasteiger partial charge in [0, 0.05) is 48.7 Å². The van der Waals surface area contributed by atoms with Crippen molar-refractivity contribution in [3.63, 3.8) is 0 Å². The summed E-state index contributed by atoms with van der Waals surface area (Å²) in [5, 5.41) is 1.73. The van der Waals surface area contributed by atoms with Crippen molar-refractivity contribution in [2.24, 2.45) is 0 Å². The Balaban J connectivity index is 1.42. The maximum absolute atomic E-state index is 12.6. The van der Waals surface area contributed by atoms with Crippen LogP contribution in [0.1, 0.15) is 29.8 Å². The molecular weight excluding hydrogens is 450 g/mol. The minimum atomic E-state index is -0.360. The molecular formula is C26H29N3O6. The first-order valence-corrected chi connectivity index (χ1v) is 11.7. The van der Waals surface area contributed by atoms with Crippen molar-refractivity contribution >= 4 is 16.7 Å². The Morgan fingerprint density at radius 1 is 1.00 bits per heavy atom. The molecule has 0 spiro atoms. The van der Waals surface area contributed by atoms with Crippen molar-refractivity contribution in [3.05, 3.63) is 41.7 Å². The lowest BCUT2D eigenvalue weighted by molar-refractivity contribution is -0.0700. The third-order valence-corrected chi connectivity index (χ3v) is 6.34. The minimum Gasteiger partial charge on any atom is -0.493 e. The molecule has 0 amide bonds. The molecule has 0 aliphatic carbocycles. The summed E-state index contributed by atoms with van der Waals surface area (Å²) >= 11 is 0. The van der Waals surface area contributed by atoms with Crippen LogP contribution < -0.4 is 14.2 Å². The second-order valence-corrected chi connectivity index (χ2v) is 8.91. The van der Waals surface area contributed by atoms with Gasteiger partial charge in [-0.1, -0.05) is 0 Å². The third kappa shape index (κ3) is 4.61. The van der Waals surface area contributed by atoms with Crippen molar-refractivity contribution < 1.29 is 28.5 Å². The van der Waals surface area contributed by atoms with Crippen LogP contribution in [0.5, 0.6) is 17.5 Å². The van der Waals surface area contributed by atoms with Crippen molar-refractivity contribution in [2.75, 3.05) is 40.5 Å². The van der Waals surface area contributed by atoms with Gasteiger partial charge in [-0.05, 0) is 42.8 Å². The first-order chi connectivity index (χ1) is 17.0. The molecule has 1 saturated heterocycles. The summed E-state index contributed by atoms with van der Waals surface area (Å²) in [6.07, 6.45) is 3.78. The summed E-state index contributed by atoms with van der Waals surface area (Å²) in [6.45, 7) is 7.40. The van der Waals surface area contributed by atoms with Gasteiger partial charge in [0.1, 0.15) is 13.2 Å². The van der Waals surface area contributed by atoms with Crippen LogP contribution in [-0.4, -0.2) is 73.5 Å². The van der Waals surface area contributed by atoms with Crippen LogP contribution >= 0.6 is 0 Å². The van der Waals surface area contributed by atoms with Crippen LogP contribution in [-0.2, 0) is 16.1 Å². The molecule has 5 rings (SSSR count). The Morgan fingerprint density at radius 3 is 2.37 bits per heavy atom. The monoisotopic (exact) mass is 479 g/mol. The molecule has 0 bridgehead atoms. The molecule has 9 heteroatoms. The topological polar surface area (TPSA) is 92.2 Å². The predicted molar refractivity (Wildman–Crippen MR) is 129 cm³/mol. The van der Waals surface area contributed by atoms with Gasteiger partial charge in [0.05, 0.1) is 32.0 Å². The lowest BCUT2D eigenvalue weighted by atomic mass is 9.91. The highest BCUT2D eigenvalue weighted by molar-refractivity contribution is 6.11. The SMILES string of the molecule is COc1cc2cc3c(c(-c4cnc(OCCN5C[C@@H](C)O[C@@H](C)C5)nc4)c2cc1OC)C(=O)OC3.